The van der Waals surface area contributed by atoms with Crippen LogP contribution in [0.5, 0.6) is 0 Å². The predicted octanol–water partition coefficient (Wildman–Crippen LogP) is 3.02. The second-order valence-corrected chi connectivity index (χ2v) is 5.64. The molecular formula is C14H30N2. The first-order valence-electron chi connectivity index (χ1n) is 7.11. The highest BCUT2D eigenvalue weighted by molar-refractivity contribution is 4.88. The Bertz CT molecular complexity index is 193. The van der Waals surface area contributed by atoms with Crippen molar-refractivity contribution in [3.63, 3.8) is 0 Å². The molecule has 0 amide bonds. The van der Waals surface area contributed by atoms with Crippen molar-refractivity contribution in [3.8, 4) is 0 Å². The maximum absolute atomic E-state index is 6.00. The molecule has 2 heteroatoms. The maximum Gasteiger partial charge on any atom is 0.0303 e. The van der Waals surface area contributed by atoms with Crippen molar-refractivity contribution < 1.29 is 0 Å². The highest BCUT2D eigenvalue weighted by atomic mass is 15.2. The van der Waals surface area contributed by atoms with Crippen molar-refractivity contribution >= 4 is 0 Å². The molecule has 0 aromatic heterocycles. The van der Waals surface area contributed by atoms with E-state index in [0.717, 1.165) is 12.5 Å². The molecule has 16 heavy (non-hydrogen) atoms. The van der Waals surface area contributed by atoms with Gasteiger partial charge in [-0.1, -0.05) is 26.7 Å². The molecule has 0 aromatic rings. The largest absolute Gasteiger partial charge is 0.329 e. The Hall–Kier alpha value is -0.0800. The fourth-order valence-corrected chi connectivity index (χ4v) is 3.04. The van der Waals surface area contributed by atoms with Crippen LogP contribution in [0.1, 0.15) is 59.3 Å². The normalized spacial score (nSPS) is 27.4. The standard InChI is InChI=1S/C14H30N2/c1-4-9-14(3,12-15)16-10-6-7-13(5-2)8-11-16/h13H,4-12,15H2,1-3H3. The highest BCUT2D eigenvalue weighted by Gasteiger charge is 2.30. The molecule has 1 saturated heterocycles. The van der Waals surface area contributed by atoms with Crippen LogP contribution in [0.25, 0.3) is 0 Å². The van der Waals surface area contributed by atoms with E-state index in [1.54, 1.807) is 0 Å². The zero-order valence-electron chi connectivity index (χ0n) is 11.5. The van der Waals surface area contributed by atoms with Crippen molar-refractivity contribution in [2.45, 2.75) is 64.8 Å². The maximum atomic E-state index is 6.00. The van der Waals surface area contributed by atoms with Crippen LogP contribution in [0.3, 0.4) is 0 Å². The first kappa shape index (κ1) is 14.0. The van der Waals surface area contributed by atoms with E-state index in [0.29, 0.717) is 0 Å². The Morgan fingerprint density at radius 2 is 2.00 bits per heavy atom. The third kappa shape index (κ3) is 3.46. The van der Waals surface area contributed by atoms with Gasteiger partial charge < -0.3 is 5.73 Å². The van der Waals surface area contributed by atoms with Gasteiger partial charge in [-0.15, -0.1) is 0 Å². The van der Waals surface area contributed by atoms with Crippen molar-refractivity contribution in [3.05, 3.63) is 0 Å². The summed E-state index contributed by atoms with van der Waals surface area (Å²) in [6.07, 6.45) is 7.97. The molecule has 0 bridgehead atoms. The number of nitrogens with zero attached hydrogens (tertiary/aromatic N) is 1. The summed E-state index contributed by atoms with van der Waals surface area (Å²) in [4.78, 5) is 2.66. The van der Waals surface area contributed by atoms with Crippen LogP contribution < -0.4 is 5.73 Å². The summed E-state index contributed by atoms with van der Waals surface area (Å²) in [7, 11) is 0. The molecule has 0 aromatic carbocycles. The number of hydrogen-bond acceptors (Lipinski definition) is 2. The van der Waals surface area contributed by atoms with Gasteiger partial charge >= 0.3 is 0 Å². The third-order valence-electron chi connectivity index (χ3n) is 4.42. The quantitative estimate of drug-likeness (QED) is 0.781. The monoisotopic (exact) mass is 226 g/mol. The molecule has 0 spiro atoms. The highest BCUT2D eigenvalue weighted by Crippen LogP contribution is 2.27. The number of nitrogens with two attached hydrogens (primary N) is 1. The second-order valence-electron chi connectivity index (χ2n) is 5.64. The summed E-state index contributed by atoms with van der Waals surface area (Å²) in [6, 6.07) is 0. The first-order valence-corrected chi connectivity index (χ1v) is 7.11. The van der Waals surface area contributed by atoms with Crippen LogP contribution >= 0.6 is 0 Å². The minimum atomic E-state index is 0.247. The minimum absolute atomic E-state index is 0.247. The van der Waals surface area contributed by atoms with Gasteiger partial charge in [0.25, 0.3) is 0 Å². The van der Waals surface area contributed by atoms with Crippen LogP contribution in [-0.2, 0) is 0 Å². The van der Waals surface area contributed by atoms with Crippen LogP contribution in [0.4, 0.5) is 0 Å². The van der Waals surface area contributed by atoms with Gasteiger partial charge in [-0.05, 0) is 51.6 Å². The molecule has 0 aliphatic carbocycles. The van der Waals surface area contributed by atoms with Crippen LogP contribution in [0.2, 0.25) is 0 Å². The molecule has 96 valence electrons. The topological polar surface area (TPSA) is 29.3 Å². The average Bonchev–Trinajstić information content (AvgIpc) is 2.54. The third-order valence-corrected chi connectivity index (χ3v) is 4.42. The molecule has 2 atom stereocenters. The number of hydrogen-bond donors (Lipinski definition) is 1. The SMILES string of the molecule is CCCC(C)(CN)N1CCCC(CC)CC1. The van der Waals surface area contributed by atoms with Gasteiger partial charge in [0.2, 0.25) is 0 Å². The molecule has 1 rings (SSSR count). The van der Waals surface area contributed by atoms with E-state index >= 15 is 0 Å². The lowest BCUT2D eigenvalue weighted by molar-refractivity contribution is 0.103. The fourth-order valence-electron chi connectivity index (χ4n) is 3.04. The molecule has 1 aliphatic rings. The molecule has 0 radical (unpaired) electrons. The smallest absolute Gasteiger partial charge is 0.0303 e. The van der Waals surface area contributed by atoms with E-state index in [1.165, 1.54) is 51.6 Å². The zero-order chi connectivity index (χ0) is 12.0. The van der Waals surface area contributed by atoms with Gasteiger partial charge in [0.15, 0.2) is 0 Å². The van der Waals surface area contributed by atoms with Gasteiger partial charge in [-0.3, -0.25) is 4.90 Å². The first-order chi connectivity index (χ1) is 7.66. The minimum Gasteiger partial charge on any atom is -0.329 e. The summed E-state index contributed by atoms with van der Waals surface area (Å²) in [5.41, 5.74) is 6.25. The van der Waals surface area contributed by atoms with Crippen LogP contribution in [0, 0.1) is 5.92 Å². The Morgan fingerprint density at radius 1 is 1.25 bits per heavy atom. The van der Waals surface area contributed by atoms with Crippen LogP contribution in [0.15, 0.2) is 0 Å². The second kappa shape index (κ2) is 6.61. The Morgan fingerprint density at radius 3 is 2.56 bits per heavy atom. The summed E-state index contributed by atoms with van der Waals surface area (Å²) >= 11 is 0. The fraction of sp³-hybridized carbons (Fsp3) is 1.00. The molecule has 0 saturated carbocycles. The Kier molecular flexibility index (Phi) is 5.77. The van der Waals surface area contributed by atoms with E-state index in [-0.39, 0.29) is 5.54 Å². The number of rotatable bonds is 5. The van der Waals surface area contributed by atoms with E-state index in [4.69, 9.17) is 5.73 Å². The van der Waals surface area contributed by atoms with Crippen molar-refractivity contribution in [2.75, 3.05) is 19.6 Å². The van der Waals surface area contributed by atoms with Gasteiger partial charge in [-0.2, -0.15) is 0 Å². The van der Waals surface area contributed by atoms with Gasteiger partial charge in [0.05, 0.1) is 0 Å². The van der Waals surface area contributed by atoms with E-state index in [9.17, 15) is 0 Å². The summed E-state index contributed by atoms with van der Waals surface area (Å²) in [6.45, 7) is 10.3. The average molecular weight is 226 g/mol. The molecule has 1 heterocycles. The summed E-state index contributed by atoms with van der Waals surface area (Å²) < 4.78 is 0. The van der Waals surface area contributed by atoms with Gasteiger partial charge in [0.1, 0.15) is 0 Å². The number of likely N-dealkylation sites (tertiary alicyclic amines) is 1. The van der Waals surface area contributed by atoms with E-state index in [1.807, 2.05) is 0 Å². The Balaban J connectivity index is 2.57. The van der Waals surface area contributed by atoms with Crippen molar-refractivity contribution in [2.24, 2.45) is 11.7 Å². The summed E-state index contributed by atoms with van der Waals surface area (Å²) in [5, 5.41) is 0. The molecule has 1 fully saturated rings. The van der Waals surface area contributed by atoms with E-state index in [2.05, 4.69) is 25.7 Å². The molecule has 2 nitrogen and oxygen atoms in total. The van der Waals surface area contributed by atoms with Crippen molar-refractivity contribution in [1.29, 1.82) is 0 Å². The molecule has 2 N–H and O–H groups in total. The Labute approximate surface area is 102 Å². The zero-order valence-corrected chi connectivity index (χ0v) is 11.5. The lowest BCUT2D eigenvalue weighted by Gasteiger charge is -2.40. The summed E-state index contributed by atoms with van der Waals surface area (Å²) in [5.74, 6) is 0.952. The lowest BCUT2D eigenvalue weighted by Crippen LogP contribution is -2.52. The molecule has 1 aliphatic heterocycles. The molecule has 2 unspecified atom stereocenters. The van der Waals surface area contributed by atoms with Crippen molar-refractivity contribution in [1.82, 2.24) is 4.90 Å². The van der Waals surface area contributed by atoms with Gasteiger partial charge in [0, 0.05) is 12.1 Å². The van der Waals surface area contributed by atoms with Crippen LogP contribution in [-0.4, -0.2) is 30.1 Å². The predicted molar refractivity (Wildman–Crippen MR) is 71.6 cm³/mol. The molecular weight excluding hydrogens is 196 g/mol. The lowest BCUT2D eigenvalue weighted by atomic mass is 9.93. The van der Waals surface area contributed by atoms with Gasteiger partial charge in [-0.25, -0.2) is 0 Å². The van der Waals surface area contributed by atoms with E-state index < -0.39 is 0 Å².